The topological polar surface area (TPSA) is 75.1 Å². The van der Waals surface area contributed by atoms with E-state index in [9.17, 15) is 9.90 Å². The van der Waals surface area contributed by atoms with Crippen LogP contribution in [0, 0.1) is 5.92 Å². The molecular formula is C23H27N3O2S. The van der Waals surface area contributed by atoms with Crippen molar-refractivity contribution in [2.75, 3.05) is 5.32 Å². The van der Waals surface area contributed by atoms with E-state index < -0.39 is 5.60 Å². The molecule has 2 N–H and O–H groups in total. The maximum absolute atomic E-state index is 12.6. The summed E-state index contributed by atoms with van der Waals surface area (Å²) in [5, 5.41) is 14.8. The highest BCUT2D eigenvalue weighted by Gasteiger charge is 2.26. The van der Waals surface area contributed by atoms with Gasteiger partial charge in [-0.1, -0.05) is 25.8 Å². The molecule has 1 fully saturated rings. The molecule has 0 radical (unpaired) electrons. The number of anilines is 1. The van der Waals surface area contributed by atoms with Gasteiger partial charge in [0, 0.05) is 23.4 Å². The summed E-state index contributed by atoms with van der Waals surface area (Å²) in [7, 11) is 0. The minimum atomic E-state index is -1.11. The number of aromatic nitrogens is 2. The fourth-order valence-electron chi connectivity index (χ4n) is 3.97. The monoisotopic (exact) mass is 409 g/mol. The predicted molar refractivity (Wildman–Crippen MR) is 117 cm³/mol. The highest BCUT2D eigenvalue weighted by atomic mass is 32.1. The number of amides is 1. The molecule has 1 saturated carbocycles. The molecule has 4 rings (SSSR count). The Morgan fingerprint density at radius 2 is 1.97 bits per heavy atom. The fourth-order valence-corrected chi connectivity index (χ4v) is 5.12. The van der Waals surface area contributed by atoms with E-state index in [-0.39, 0.29) is 5.91 Å². The van der Waals surface area contributed by atoms with E-state index in [1.54, 1.807) is 49.6 Å². The van der Waals surface area contributed by atoms with Gasteiger partial charge >= 0.3 is 0 Å². The van der Waals surface area contributed by atoms with Gasteiger partial charge in [-0.3, -0.25) is 9.78 Å². The molecule has 0 atom stereocenters. The van der Waals surface area contributed by atoms with Crippen LogP contribution in [0.5, 0.6) is 0 Å². The largest absolute Gasteiger partial charge is 0.386 e. The fraction of sp³-hybridized carbons (Fsp3) is 0.435. The number of rotatable bonds is 4. The quantitative estimate of drug-likeness (QED) is 0.599. The normalized spacial score (nSPS) is 20.0. The Bertz CT molecular complexity index is 1020. The lowest BCUT2D eigenvalue weighted by molar-refractivity contribution is 0.0794. The Hall–Kier alpha value is -2.31. The Morgan fingerprint density at radius 1 is 1.21 bits per heavy atom. The number of fused-ring (bicyclic) bond motifs is 1. The number of nitrogens with one attached hydrogen (secondary N) is 1. The molecule has 0 bridgehead atoms. The summed E-state index contributed by atoms with van der Waals surface area (Å²) in [5.74, 6) is 1.03. The van der Waals surface area contributed by atoms with Gasteiger partial charge in [0.2, 0.25) is 0 Å². The number of thiazole rings is 1. The van der Waals surface area contributed by atoms with Gasteiger partial charge in [0.1, 0.15) is 5.69 Å². The average molecular weight is 410 g/mol. The summed E-state index contributed by atoms with van der Waals surface area (Å²) in [6.45, 7) is 5.77. The lowest BCUT2D eigenvalue weighted by Crippen LogP contribution is -2.21. The molecule has 1 aliphatic rings. The molecule has 3 aromatic rings. The maximum Gasteiger partial charge on any atom is 0.274 e. The number of nitrogens with zero attached hydrogens (tertiary/aromatic N) is 2. The molecule has 6 heteroatoms. The van der Waals surface area contributed by atoms with Crippen molar-refractivity contribution in [2.24, 2.45) is 5.92 Å². The van der Waals surface area contributed by atoms with E-state index in [1.807, 2.05) is 12.1 Å². The highest BCUT2D eigenvalue weighted by molar-refractivity contribution is 7.18. The van der Waals surface area contributed by atoms with Gasteiger partial charge in [-0.2, -0.15) is 0 Å². The first-order valence-electron chi connectivity index (χ1n) is 10.2. The van der Waals surface area contributed by atoms with Crippen molar-refractivity contribution in [3.63, 3.8) is 0 Å². The molecule has 1 aromatic carbocycles. The van der Waals surface area contributed by atoms with Crippen LogP contribution in [0.3, 0.4) is 0 Å². The Kier molecular flexibility index (Phi) is 5.40. The van der Waals surface area contributed by atoms with Crippen LogP contribution in [-0.2, 0) is 5.60 Å². The molecule has 152 valence electrons. The van der Waals surface area contributed by atoms with Crippen LogP contribution in [0.15, 0.2) is 36.5 Å². The number of hydrogen-bond acceptors (Lipinski definition) is 5. The Morgan fingerprint density at radius 3 is 2.62 bits per heavy atom. The summed E-state index contributed by atoms with van der Waals surface area (Å²) in [4.78, 5) is 21.7. The van der Waals surface area contributed by atoms with E-state index in [0.717, 1.165) is 16.1 Å². The van der Waals surface area contributed by atoms with E-state index in [4.69, 9.17) is 4.98 Å². The van der Waals surface area contributed by atoms with Gasteiger partial charge in [0.05, 0.1) is 20.8 Å². The van der Waals surface area contributed by atoms with Gasteiger partial charge in [0.15, 0.2) is 0 Å². The third-order valence-electron chi connectivity index (χ3n) is 5.71. The molecule has 29 heavy (non-hydrogen) atoms. The van der Waals surface area contributed by atoms with Crippen molar-refractivity contribution in [1.29, 1.82) is 0 Å². The van der Waals surface area contributed by atoms with Crippen LogP contribution in [0.2, 0.25) is 0 Å². The molecule has 0 aliphatic heterocycles. The minimum absolute atomic E-state index is 0.290. The van der Waals surface area contributed by atoms with Crippen molar-refractivity contribution < 1.29 is 9.90 Å². The van der Waals surface area contributed by atoms with E-state index >= 15 is 0 Å². The third-order valence-corrected chi connectivity index (χ3v) is 6.89. The summed E-state index contributed by atoms with van der Waals surface area (Å²) in [6.07, 6.45) is 6.46. The van der Waals surface area contributed by atoms with Gasteiger partial charge < -0.3 is 10.4 Å². The Balaban J connectivity index is 1.69. The lowest BCUT2D eigenvalue weighted by atomic mass is 9.83. The first-order chi connectivity index (χ1) is 13.8. The first-order valence-corrected chi connectivity index (χ1v) is 11.0. The van der Waals surface area contributed by atoms with Gasteiger partial charge in [-0.25, -0.2) is 4.98 Å². The number of aliphatic hydroxyl groups is 1. The zero-order chi connectivity index (χ0) is 20.6. The maximum atomic E-state index is 12.6. The van der Waals surface area contributed by atoms with Crippen molar-refractivity contribution in [3.8, 4) is 0 Å². The van der Waals surface area contributed by atoms with Crippen LogP contribution in [0.25, 0.3) is 10.2 Å². The van der Waals surface area contributed by atoms with Gasteiger partial charge in [-0.05, 0) is 56.9 Å². The van der Waals surface area contributed by atoms with Crippen molar-refractivity contribution >= 4 is 33.1 Å². The number of carbonyl (C=O) groups excluding carboxylic acids is 1. The number of carbonyl (C=O) groups is 1. The molecule has 0 unspecified atom stereocenters. The smallest absolute Gasteiger partial charge is 0.274 e. The molecule has 0 saturated heterocycles. The second-order valence-electron chi connectivity index (χ2n) is 8.60. The van der Waals surface area contributed by atoms with Gasteiger partial charge in [0.25, 0.3) is 5.91 Å². The van der Waals surface area contributed by atoms with Crippen LogP contribution >= 0.6 is 11.3 Å². The summed E-state index contributed by atoms with van der Waals surface area (Å²) in [6, 6.07) is 9.08. The Labute approximate surface area is 175 Å². The molecule has 0 spiro atoms. The van der Waals surface area contributed by atoms with Crippen molar-refractivity contribution in [1.82, 2.24) is 9.97 Å². The number of benzene rings is 1. The van der Waals surface area contributed by atoms with Crippen molar-refractivity contribution in [3.05, 3.63) is 52.8 Å². The predicted octanol–water partition coefficient (Wildman–Crippen LogP) is 5.46. The molecule has 1 aliphatic carbocycles. The summed E-state index contributed by atoms with van der Waals surface area (Å²) in [5.41, 5.74) is 1.38. The van der Waals surface area contributed by atoms with Crippen LogP contribution in [0.4, 0.5) is 5.69 Å². The summed E-state index contributed by atoms with van der Waals surface area (Å²) >= 11 is 1.70. The minimum Gasteiger partial charge on any atom is -0.386 e. The molecule has 5 nitrogen and oxygen atoms in total. The SMILES string of the molecule is CC(C)(O)c1cc2nc([C@H]3CC[C@H](C)CC3)sc2cc1NC(=O)c1ccccn1. The number of pyridine rings is 1. The summed E-state index contributed by atoms with van der Waals surface area (Å²) < 4.78 is 1.03. The van der Waals surface area contributed by atoms with Crippen molar-refractivity contribution in [2.45, 2.75) is 58.0 Å². The molecule has 2 heterocycles. The van der Waals surface area contributed by atoms with E-state index in [2.05, 4.69) is 17.2 Å². The molecule has 1 amide bonds. The average Bonchev–Trinajstić information content (AvgIpc) is 3.11. The van der Waals surface area contributed by atoms with Crippen LogP contribution in [-0.4, -0.2) is 21.0 Å². The first kappa shape index (κ1) is 20.0. The molecule has 2 aromatic heterocycles. The molecular weight excluding hydrogens is 382 g/mol. The number of hydrogen-bond donors (Lipinski definition) is 2. The van der Waals surface area contributed by atoms with Gasteiger partial charge in [-0.15, -0.1) is 11.3 Å². The standard InChI is InChI=1S/C23H27N3O2S/c1-14-7-9-15(10-8-14)22-26-19-12-16(23(2,3)28)18(13-20(19)29-22)25-21(27)17-6-4-5-11-24-17/h4-6,11-15,28H,7-10H2,1-3H3,(H,25,27)/t14-,15-. The lowest BCUT2D eigenvalue weighted by Gasteiger charge is -2.24. The van der Waals surface area contributed by atoms with Crippen LogP contribution < -0.4 is 5.32 Å². The third kappa shape index (κ3) is 4.33. The highest BCUT2D eigenvalue weighted by Crippen LogP contribution is 2.41. The van der Waals surface area contributed by atoms with E-state index in [1.165, 1.54) is 30.7 Å². The van der Waals surface area contributed by atoms with E-state index in [0.29, 0.717) is 22.9 Å². The zero-order valence-corrected chi connectivity index (χ0v) is 17.9. The van der Waals surface area contributed by atoms with Crippen LogP contribution in [0.1, 0.15) is 73.4 Å². The second-order valence-corrected chi connectivity index (χ2v) is 9.66. The second kappa shape index (κ2) is 7.84. The zero-order valence-electron chi connectivity index (χ0n) is 17.1.